The first-order valence-electron chi connectivity index (χ1n) is 7.03. The van der Waals surface area contributed by atoms with Crippen LogP contribution in [-0.4, -0.2) is 35.9 Å². The molecule has 4 nitrogen and oxygen atoms in total. The Morgan fingerprint density at radius 1 is 1.48 bits per heavy atom. The molecule has 2 saturated heterocycles. The SMILES string of the molecule is O=C(NC1CC2CCC1O2)c1ccc(C#CCO)c(Cl)c1. The van der Waals surface area contributed by atoms with Gasteiger partial charge in [-0.3, -0.25) is 4.79 Å². The second kappa shape index (κ2) is 6.07. The molecule has 3 rings (SSSR count). The molecule has 0 aromatic heterocycles. The molecule has 3 unspecified atom stereocenters. The third-order valence-corrected chi connectivity index (χ3v) is 4.27. The maximum absolute atomic E-state index is 12.3. The zero-order valence-electron chi connectivity index (χ0n) is 11.4. The summed E-state index contributed by atoms with van der Waals surface area (Å²) >= 11 is 6.10. The average Bonchev–Trinajstić information content (AvgIpc) is 3.08. The second-order valence-electron chi connectivity index (χ2n) is 5.34. The van der Waals surface area contributed by atoms with Crippen molar-refractivity contribution in [3.05, 3.63) is 34.3 Å². The van der Waals surface area contributed by atoms with Gasteiger partial charge in [-0.1, -0.05) is 23.4 Å². The van der Waals surface area contributed by atoms with Gasteiger partial charge in [0.2, 0.25) is 0 Å². The van der Waals surface area contributed by atoms with Crippen LogP contribution >= 0.6 is 11.6 Å². The van der Waals surface area contributed by atoms with Gasteiger partial charge in [0.05, 0.1) is 23.3 Å². The van der Waals surface area contributed by atoms with E-state index in [4.69, 9.17) is 21.4 Å². The molecular weight excluding hydrogens is 290 g/mol. The van der Waals surface area contributed by atoms with E-state index in [2.05, 4.69) is 17.2 Å². The number of amides is 1. The molecule has 2 heterocycles. The van der Waals surface area contributed by atoms with Crippen molar-refractivity contribution in [1.82, 2.24) is 5.32 Å². The molecule has 110 valence electrons. The first kappa shape index (κ1) is 14.4. The Bertz CT molecular complexity index is 620. The van der Waals surface area contributed by atoms with Crippen molar-refractivity contribution < 1.29 is 14.6 Å². The fraction of sp³-hybridized carbons (Fsp3) is 0.438. The lowest BCUT2D eigenvalue weighted by Gasteiger charge is -2.20. The van der Waals surface area contributed by atoms with Crippen molar-refractivity contribution in [1.29, 1.82) is 0 Å². The van der Waals surface area contributed by atoms with Gasteiger partial charge in [-0.05, 0) is 37.5 Å². The summed E-state index contributed by atoms with van der Waals surface area (Å²) in [6.45, 7) is -0.219. The Morgan fingerprint density at radius 3 is 2.95 bits per heavy atom. The van der Waals surface area contributed by atoms with E-state index < -0.39 is 0 Å². The number of aliphatic hydroxyl groups is 1. The number of halogens is 1. The quantitative estimate of drug-likeness (QED) is 0.818. The molecule has 2 aliphatic rings. The number of ether oxygens (including phenoxy) is 1. The standard InChI is InChI=1S/C16H16ClNO3/c17-13-8-11(4-3-10(13)2-1-7-19)16(20)18-14-9-12-5-6-15(14)21-12/h3-4,8,12,14-15,19H,5-7,9H2,(H,18,20). The van der Waals surface area contributed by atoms with Gasteiger partial charge in [0.15, 0.2) is 0 Å². The summed E-state index contributed by atoms with van der Waals surface area (Å²) in [7, 11) is 0. The van der Waals surface area contributed by atoms with Crippen LogP contribution in [-0.2, 0) is 4.74 Å². The first-order valence-corrected chi connectivity index (χ1v) is 7.41. The first-order chi connectivity index (χ1) is 10.2. The van der Waals surface area contributed by atoms with Gasteiger partial charge in [-0.2, -0.15) is 0 Å². The highest BCUT2D eigenvalue weighted by molar-refractivity contribution is 6.32. The summed E-state index contributed by atoms with van der Waals surface area (Å²) in [5.74, 6) is 5.14. The fourth-order valence-corrected chi connectivity index (χ4v) is 3.16. The highest BCUT2D eigenvalue weighted by Gasteiger charge is 2.41. The van der Waals surface area contributed by atoms with Crippen molar-refractivity contribution in [2.24, 2.45) is 0 Å². The molecule has 2 bridgehead atoms. The normalized spacial score (nSPS) is 26.3. The summed E-state index contributed by atoms with van der Waals surface area (Å²) in [6, 6.07) is 5.09. The molecule has 3 atom stereocenters. The zero-order valence-corrected chi connectivity index (χ0v) is 12.2. The molecule has 2 aliphatic heterocycles. The van der Waals surface area contributed by atoms with Crippen LogP contribution in [0.4, 0.5) is 0 Å². The van der Waals surface area contributed by atoms with Crippen LogP contribution in [0.25, 0.3) is 0 Å². The number of rotatable bonds is 2. The maximum Gasteiger partial charge on any atom is 0.251 e. The average molecular weight is 306 g/mol. The van der Waals surface area contributed by atoms with Crippen LogP contribution in [0.15, 0.2) is 18.2 Å². The monoisotopic (exact) mass is 305 g/mol. The van der Waals surface area contributed by atoms with E-state index in [1.165, 1.54) is 0 Å². The number of benzene rings is 1. The van der Waals surface area contributed by atoms with Crippen molar-refractivity contribution in [3.63, 3.8) is 0 Å². The Labute approximate surface area is 128 Å². The van der Waals surface area contributed by atoms with Gasteiger partial charge in [0, 0.05) is 11.1 Å². The Hall–Kier alpha value is -1.54. The predicted octanol–water partition coefficient (Wildman–Crippen LogP) is 1.73. The van der Waals surface area contributed by atoms with Gasteiger partial charge in [-0.15, -0.1) is 0 Å². The number of hydrogen-bond donors (Lipinski definition) is 2. The molecule has 1 aromatic rings. The number of hydrogen-bond acceptors (Lipinski definition) is 3. The molecule has 21 heavy (non-hydrogen) atoms. The topological polar surface area (TPSA) is 58.6 Å². The fourth-order valence-electron chi connectivity index (χ4n) is 2.93. The number of aliphatic hydroxyl groups excluding tert-OH is 1. The third-order valence-electron chi connectivity index (χ3n) is 3.96. The third kappa shape index (κ3) is 3.06. The minimum Gasteiger partial charge on any atom is -0.384 e. The van der Waals surface area contributed by atoms with Crippen LogP contribution in [0.3, 0.4) is 0 Å². The Morgan fingerprint density at radius 2 is 2.33 bits per heavy atom. The number of nitrogens with one attached hydrogen (secondary N) is 1. The molecule has 1 amide bonds. The Balaban J connectivity index is 1.69. The Kier molecular flexibility index (Phi) is 4.16. The summed E-state index contributed by atoms with van der Waals surface area (Å²) in [5, 5.41) is 12.1. The van der Waals surface area contributed by atoms with E-state index in [-0.39, 0.29) is 24.7 Å². The number of carbonyl (C=O) groups excluding carboxylic acids is 1. The van der Waals surface area contributed by atoms with E-state index in [1.807, 2.05) is 0 Å². The number of carbonyl (C=O) groups is 1. The molecule has 0 radical (unpaired) electrons. The molecule has 1 aromatic carbocycles. The predicted molar refractivity (Wildman–Crippen MR) is 79.2 cm³/mol. The van der Waals surface area contributed by atoms with Crippen LogP contribution in [0.5, 0.6) is 0 Å². The van der Waals surface area contributed by atoms with Crippen molar-refractivity contribution in [2.75, 3.05) is 6.61 Å². The van der Waals surface area contributed by atoms with Crippen molar-refractivity contribution in [2.45, 2.75) is 37.5 Å². The van der Waals surface area contributed by atoms with E-state index in [0.717, 1.165) is 19.3 Å². The number of fused-ring (bicyclic) bond motifs is 2. The van der Waals surface area contributed by atoms with Crippen LogP contribution < -0.4 is 5.32 Å². The summed E-state index contributed by atoms with van der Waals surface area (Å²) in [6.07, 6.45) is 3.47. The van der Waals surface area contributed by atoms with E-state index in [0.29, 0.717) is 22.3 Å². The molecule has 0 spiro atoms. The van der Waals surface area contributed by atoms with Crippen molar-refractivity contribution in [3.8, 4) is 11.8 Å². The van der Waals surface area contributed by atoms with Crippen molar-refractivity contribution >= 4 is 17.5 Å². The lowest BCUT2D eigenvalue weighted by atomic mass is 9.95. The summed E-state index contributed by atoms with van der Waals surface area (Å²) in [5.41, 5.74) is 1.11. The molecule has 0 aliphatic carbocycles. The lowest BCUT2D eigenvalue weighted by molar-refractivity contribution is 0.0841. The smallest absolute Gasteiger partial charge is 0.251 e. The van der Waals surface area contributed by atoms with Crippen LogP contribution in [0.1, 0.15) is 35.2 Å². The highest BCUT2D eigenvalue weighted by Crippen LogP contribution is 2.34. The second-order valence-corrected chi connectivity index (χ2v) is 5.75. The molecule has 2 N–H and O–H groups in total. The van der Waals surface area contributed by atoms with Crippen LogP contribution in [0.2, 0.25) is 5.02 Å². The van der Waals surface area contributed by atoms with Gasteiger partial charge >= 0.3 is 0 Å². The zero-order chi connectivity index (χ0) is 14.8. The molecule has 2 fully saturated rings. The molecular formula is C16H16ClNO3. The van der Waals surface area contributed by atoms with E-state index in [1.54, 1.807) is 18.2 Å². The summed E-state index contributed by atoms with van der Waals surface area (Å²) < 4.78 is 5.73. The van der Waals surface area contributed by atoms with Gasteiger partial charge in [0.1, 0.15) is 6.61 Å². The molecule has 0 saturated carbocycles. The molecule has 5 heteroatoms. The van der Waals surface area contributed by atoms with Gasteiger partial charge in [0.25, 0.3) is 5.91 Å². The minimum atomic E-state index is -0.219. The minimum absolute atomic E-state index is 0.101. The van der Waals surface area contributed by atoms with Gasteiger partial charge in [-0.25, -0.2) is 0 Å². The maximum atomic E-state index is 12.3. The van der Waals surface area contributed by atoms with Gasteiger partial charge < -0.3 is 15.2 Å². The van der Waals surface area contributed by atoms with Crippen LogP contribution in [0, 0.1) is 11.8 Å². The largest absolute Gasteiger partial charge is 0.384 e. The van der Waals surface area contributed by atoms with E-state index >= 15 is 0 Å². The lowest BCUT2D eigenvalue weighted by Crippen LogP contribution is -2.41. The van der Waals surface area contributed by atoms with E-state index in [9.17, 15) is 4.79 Å². The summed E-state index contributed by atoms with van der Waals surface area (Å²) in [4.78, 5) is 12.3. The highest BCUT2D eigenvalue weighted by atomic mass is 35.5.